The minimum Gasteiger partial charge on any atom is -0.510 e. The third-order valence-corrected chi connectivity index (χ3v) is 8.57. The van der Waals surface area contributed by atoms with Gasteiger partial charge >= 0.3 is 0 Å². The average molecular weight is 514 g/mol. The molecule has 1 saturated heterocycles. The van der Waals surface area contributed by atoms with Crippen LogP contribution in [-0.2, 0) is 16.0 Å². The molecular formula is C26H31N3O8. The second kappa shape index (κ2) is 8.57. The fourth-order valence-electron chi connectivity index (χ4n) is 6.83. The highest BCUT2D eigenvalue weighted by Crippen LogP contribution is 2.53. The third kappa shape index (κ3) is 3.27. The number of allylic oxidation sites excluding steroid dienone is 1. The number of phenols is 1. The monoisotopic (exact) mass is 513 g/mol. The minimum absolute atomic E-state index is 0.00624. The van der Waals surface area contributed by atoms with Gasteiger partial charge in [-0.25, -0.2) is 0 Å². The maximum Gasteiger partial charge on any atom is 0.255 e. The number of aliphatic hydroxyl groups excluding tert-OH is 2. The molecule has 8 N–H and O–H groups in total. The lowest BCUT2D eigenvalue weighted by molar-refractivity contribution is -0.145. The number of ketones is 2. The molecule has 0 radical (unpaired) electrons. The van der Waals surface area contributed by atoms with Crippen molar-refractivity contribution in [1.82, 2.24) is 4.90 Å². The molecule has 0 spiro atoms. The zero-order valence-electron chi connectivity index (χ0n) is 20.7. The predicted molar refractivity (Wildman–Crippen MR) is 130 cm³/mol. The number of carbonyl (C=O) groups is 3. The Hall–Kier alpha value is -3.41. The van der Waals surface area contributed by atoms with Gasteiger partial charge in [-0.2, -0.15) is 0 Å². The van der Waals surface area contributed by atoms with Crippen LogP contribution in [0.3, 0.4) is 0 Å². The van der Waals surface area contributed by atoms with Gasteiger partial charge in [-0.1, -0.05) is 6.92 Å². The summed E-state index contributed by atoms with van der Waals surface area (Å²) in [6, 6.07) is 0.135. The van der Waals surface area contributed by atoms with Crippen LogP contribution in [0.1, 0.15) is 53.7 Å². The maximum absolute atomic E-state index is 13.7. The number of rotatable bonds is 4. The van der Waals surface area contributed by atoms with Gasteiger partial charge in [0, 0.05) is 28.7 Å². The van der Waals surface area contributed by atoms with E-state index >= 15 is 0 Å². The summed E-state index contributed by atoms with van der Waals surface area (Å²) in [5.74, 6) is -6.80. The second-order valence-corrected chi connectivity index (χ2v) is 10.2. The van der Waals surface area contributed by atoms with E-state index in [1.807, 2.05) is 0 Å². The molecule has 0 saturated carbocycles. The first-order valence-corrected chi connectivity index (χ1v) is 12.4. The summed E-state index contributed by atoms with van der Waals surface area (Å²) >= 11 is 0. The lowest BCUT2D eigenvalue weighted by atomic mass is 9.59. The van der Waals surface area contributed by atoms with Crippen molar-refractivity contribution in [3.05, 3.63) is 45.4 Å². The van der Waals surface area contributed by atoms with E-state index in [1.54, 1.807) is 0 Å². The van der Waals surface area contributed by atoms with E-state index in [4.69, 9.17) is 16.2 Å². The van der Waals surface area contributed by atoms with E-state index in [2.05, 4.69) is 11.8 Å². The molecule has 11 nitrogen and oxygen atoms in total. The van der Waals surface area contributed by atoms with Gasteiger partial charge in [0.1, 0.15) is 28.6 Å². The molecule has 198 valence electrons. The van der Waals surface area contributed by atoms with Crippen LogP contribution in [0.15, 0.2) is 28.7 Å². The lowest BCUT2D eigenvalue weighted by Gasteiger charge is -2.47. The summed E-state index contributed by atoms with van der Waals surface area (Å²) < 4.78 is 5.79. The van der Waals surface area contributed by atoms with Gasteiger partial charge in [0.15, 0.2) is 11.4 Å². The maximum atomic E-state index is 13.7. The Morgan fingerprint density at radius 3 is 2.59 bits per heavy atom. The molecule has 5 rings (SSSR count). The molecule has 1 fully saturated rings. The molecular weight excluding hydrogens is 482 g/mol. The summed E-state index contributed by atoms with van der Waals surface area (Å²) in [6.07, 6.45) is 1.96. The average Bonchev–Trinajstić information content (AvgIpc) is 3.33. The number of primary amides is 1. The summed E-state index contributed by atoms with van der Waals surface area (Å²) in [6.45, 7) is 3.77. The van der Waals surface area contributed by atoms with Gasteiger partial charge in [0.25, 0.3) is 5.91 Å². The smallest absolute Gasteiger partial charge is 0.255 e. The standard InChI is InChI=1S/C26H31N3O8/c1-3-29-6-4-5-14(29)11-9-15(30)17-12(22(11)37-2)7-10-8-13-19(27)21(32)18(25(28)35)24(34)26(13,36)23(33)16(10)20(17)31/h9-10,13-14,19,30,32-33,36H,3-8,27H2,1-2H3,(H2,28,35)/t10-,13-,14+,19-,26-/m0/s1. The molecule has 11 heteroatoms. The molecule has 0 bridgehead atoms. The number of phenolic OH excluding ortho intramolecular Hbond substituents is 1. The first-order chi connectivity index (χ1) is 17.5. The van der Waals surface area contributed by atoms with Crippen LogP contribution in [0.4, 0.5) is 0 Å². The Bertz CT molecular complexity index is 1300. The van der Waals surface area contributed by atoms with Crippen LogP contribution >= 0.6 is 0 Å². The van der Waals surface area contributed by atoms with Gasteiger partial charge in [-0.05, 0) is 50.8 Å². The van der Waals surface area contributed by atoms with Crippen molar-refractivity contribution < 1.29 is 39.5 Å². The number of aromatic hydroxyl groups is 1. The molecule has 3 aliphatic carbocycles. The lowest BCUT2D eigenvalue weighted by Crippen LogP contribution is -2.63. The minimum atomic E-state index is -2.72. The number of aliphatic hydroxyl groups is 3. The van der Waals surface area contributed by atoms with Crippen molar-refractivity contribution in [2.75, 3.05) is 20.2 Å². The van der Waals surface area contributed by atoms with Gasteiger partial charge in [-0.15, -0.1) is 0 Å². The van der Waals surface area contributed by atoms with Gasteiger partial charge in [-0.3, -0.25) is 19.3 Å². The van der Waals surface area contributed by atoms with Crippen LogP contribution in [0.2, 0.25) is 0 Å². The first kappa shape index (κ1) is 25.2. The number of likely N-dealkylation sites (tertiary alicyclic amines) is 1. The van der Waals surface area contributed by atoms with Crippen LogP contribution in [0.5, 0.6) is 11.5 Å². The molecule has 0 unspecified atom stereocenters. The van der Waals surface area contributed by atoms with Gasteiger partial charge in [0.05, 0.1) is 18.7 Å². The zero-order chi connectivity index (χ0) is 27.0. The Morgan fingerprint density at radius 2 is 1.97 bits per heavy atom. The molecule has 5 atom stereocenters. The molecule has 1 amide bonds. The Morgan fingerprint density at radius 1 is 1.27 bits per heavy atom. The topological polar surface area (TPSA) is 197 Å². The van der Waals surface area contributed by atoms with Crippen molar-refractivity contribution in [1.29, 1.82) is 0 Å². The summed E-state index contributed by atoms with van der Waals surface area (Å²) in [4.78, 5) is 41.0. The number of fused-ring (bicyclic) bond motifs is 3. The Labute approximate surface area is 213 Å². The van der Waals surface area contributed by atoms with Crippen LogP contribution in [0, 0.1) is 11.8 Å². The molecule has 1 aromatic rings. The number of hydrogen-bond donors (Lipinski definition) is 6. The predicted octanol–water partition coefficient (Wildman–Crippen LogP) is 0.683. The van der Waals surface area contributed by atoms with Crippen molar-refractivity contribution in [3.63, 3.8) is 0 Å². The molecule has 1 heterocycles. The number of carbonyl (C=O) groups excluding carboxylic acids is 3. The normalized spacial score (nSPS) is 31.8. The Balaban J connectivity index is 1.68. The SMILES string of the molecule is CCN1CCC[C@@H]1c1cc(O)c2c(c1OC)C[C@H]1C[C@H]3[C@H](N)C(O)=C(C(N)=O)C(=O)[C@@]3(O)C(O)=C1C2=O. The summed E-state index contributed by atoms with van der Waals surface area (Å²) in [5, 5.41) is 44.1. The van der Waals surface area contributed by atoms with E-state index in [0.717, 1.165) is 31.5 Å². The fraction of sp³-hybridized carbons (Fsp3) is 0.500. The molecule has 1 aliphatic heterocycles. The summed E-state index contributed by atoms with van der Waals surface area (Å²) in [7, 11) is 1.50. The van der Waals surface area contributed by atoms with E-state index in [0.29, 0.717) is 11.3 Å². The highest BCUT2D eigenvalue weighted by atomic mass is 16.5. The third-order valence-electron chi connectivity index (χ3n) is 8.57. The summed E-state index contributed by atoms with van der Waals surface area (Å²) in [5.41, 5.74) is 8.67. The van der Waals surface area contributed by atoms with E-state index < -0.39 is 58.0 Å². The quantitative estimate of drug-likeness (QED) is 0.311. The van der Waals surface area contributed by atoms with E-state index in [-0.39, 0.29) is 35.8 Å². The fourth-order valence-corrected chi connectivity index (χ4v) is 6.83. The number of methoxy groups -OCH3 is 1. The van der Waals surface area contributed by atoms with Crippen molar-refractivity contribution in [3.8, 4) is 11.5 Å². The molecule has 1 aromatic carbocycles. The van der Waals surface area contributed by atoms with Crippen LogP contribution in [0.25, 0.3) is 0 Å². The van der Waals surface area contributed by atoms with Crippen LogP contribution < -0.4 is 16.2 Å². The number of nitrogens with zero attached hydrogens (tertiary/aromatic N) is 1. The van der Waals surface area contributed by atoms with Gasteiger partial charge < -0.3 is 36.6 Å². The Kier molecular flexibility index (Phi) is 5.85. The molecule has 37 heavy (non-hydrogen) atoms. The van der Waals surface area contributed by atoms with E-state index in [9.17, 15) is 34.8 Å². The van der Waals surface area contributed by atoms with Crippen LogP contribution in [-0.4, -0.2) is 74.6 Å². The number of ether oxygens (including phenoxy) is 1. The van der Waals surface area contributed by atoms with E-state index in [1.165, 1.54) is 13.2 Å². The highest BCUT2D eigenvalue weighted by molar-refractivity contribution is 6.24. The number of amides is 1. The molecule has 0 aromatic heterocycles. The molecule has 4 aliphatic rings. The zero-order valence-corrected chi connectivity index (χ0v) is 20.7. The highest BCUT2D eigenvalue weighted by Gasteiger charge is 2.62. The number of nitrogens with two attached hydrogens (primary N) is 2. The van der Waals surface area contributed by atoms with Crippen molar-refractivity contribution in [2.24, 2.45) is 23.3 Å². The second-order valence-electron chi connectivity index (χ2n) is 10.2. The number of hydrogen-bond acceptors (Lipinski definition) is 10. The first-order valence-electron chi connectivity index (χ1n) is 12.4. The van der Waals surface area contributed by atoms with Gasteiger partial charge in [0.2, 0.25) is 5.78 Å². The largest absolute Gasteiger partial charge is 0.510 e. The van der Waals surface area contributed by atoms with Crippen molar-refractivity contribution in [2.45, 2.75) is 50.3 Å². The van der Waals surface area contributed by atoms with Crippen molar-refractivity contribution >= 4 is 17.5 Å². The number of benzene rings is 1. The number of Topliss-reactive ketones (excluding diaryl/α,β-unsaturated/α-hetero) is 2.